The second-order valence-corrected chi connectivity index (χ2v) is 8.11. The van der Waals surface area contributed by atoms with Gasteiger partial charge in [0.05, 0.1) is 18.2 Å². The molecule has 0 saturated carbocycles. The van der Waals surface area contributed by atoms with E-state index < -0.39 is 0 Å². The van der Waals surface area contributed by atoms with Crippen LogP contribution in [0.3, 0.4) is 0 Å². The fourth-order valence-corrected chi connectivity index (χ4v) is 3.82. The van der Waals surface area contributed by atoms with E-state index in [0.717, 1.165) is 37.4 Å². The molecule has 0 radical (unpaired) electrons. The summed E-state index contributed by atoms with van der Waals surface area (Å²) in [5, 5.41) is 6.66. The van der Waals surface area contributed by atoms with E-state index in [9.17, 15) is 0 Å². The van der Waals surface area contributed by atoms with Crippen molar-refractivity contribution in [1.29, 1.82) is 0 Å². The number of hydrogen-bond donors (Lipinski definition) is 0. The van der Waals surface area contributed by atoms with Gasteiger partial charge in [-0.25, -0.2) is 0 Å². The first-order valence-electron chi connectivity index (χ1n) is 10.7. The quantitative estimate of drug-likeness (QED) is 0.240. The number of hydrazone groups is 1. The minimum absolute atomic E-state index is 0.121. The summed E-state index contributed by atoms with van der Waals surface area (Å²) in [5.41, 5.74) is 4.64. The number of hydrogen-bond acceptors (Lipinski definition) is 4. The van der Waals surface area contributed by atoms with Crippen molar-refractivity contribution < 1.29 is 14.0 Å². The Bertz CT molecular complexity index is 901. The van der Waals surface area contributed by atoms with Gasteiger partial charge < -0.3 is 9.47 Å². The lowest BCUT2D eigenvalue weighted by molar-refractivity contribution is -0.441. The summed E-state index contributed by atoms with van der Waals surface area (Å²) in [6.45, 7) is 9.05. The number of fused-ring (bicyclic) bond motifs is 1. The summed E-state index contributed by atoms with van der Waals surface area (Å²) in [5.74, 6) is 0.840. The SMILES string of the molecule is CCCCOCC[N+]1=C(/C=N/N(C)c2ccc(OC)cc2)C(C)(C)c2ccccc21. The molecule has 0 amide bonds. The van der Waals surface area contributed by atoms with Crippen LogP contribution in [-0.4, -0.2) is 50.4 Å². The molecule has 30 heavy (non-hydrogen) atoms. The highest BCUT2D eigenvalue weighted by Crippen LogP contribution is 2.38. The van der Waals surface area contributed by atoms with Gasteiger partial charge in [-0.2, -0.15) is 9.68 Å². The molecule has 5 heteroatoms. The normalized spacial score (nSPS) is 15.0. The molecule has 1 aliphatic heterocycles. The summed E-state index contributed by atoms with van der Waals surface area (Å²) in [7, 11) is 3.64. The van der Waals surface area contributed by atoms with E-state index in [-0.39, 0.29) is 5.41 Å². The summed E-state index contributed by atoms with van der Waals surface area (Å²) in [6, 6.07) is 16.5. The lowest BCUT2D eigenvalue weighted by atomic mass is 9.82. The summed E-state index contributed by atoms with van der Waals surface area (Å²) in [4.78, 5) is 0. The molecule has 1 heterocycles. The molecule has 0 fully saturated rings. The van der Waals surface area contributed by atoms with Gasteiger partial charge in [0.2, 0.25) is 11.4 Å². The summed E-state index contributed by atoms with van der Waals surface area (Å²) >= 11 is 0. The Hall–Kier alpha value is -2.66. The molecule has 0 unspecified atom stereocenters. The maximum Gasteiger partial charge on any atom is 0.212 e. The van der Waals surface area contributed by atoms with Crippen molar-refractivity contribution in [3.05, 3.63) is 54.1 Å². The van der Waals surface area contributed by atoms with Crippen LogP contribution in [0.5, 0.6) is 5.75 Å². The zero-order chi connectivity index (χ0) is 21.6. The van der Waals surface area contributed by atoms with E-state index >= 15 is 0 Å². The van der Waals surface area contributed by atoms with Crippen LogP contribution in [0.25, 0.3) is 0 Å². The molecule has 2 aromatic rings. The predicted molar refractivity (Wildman–Crippen MR) is 125 cm³/mol. The third kappa shape index (κ3) is 4.73. The molecule has 3 rings (SSSR count). The van der Waals surface area contributed by atoms with Crippen LogP contribution in [0, 0.1) is 0 Å². The number of ether oxygens (including phenoxy) is 2. The lowest BCUT2D eigenvalue weighted by Gasteiger charge is -2.17. The Kier molecular flexibility index (Phi) is 7.27. The van der Waals surface area contributed by atoms with Gasteiger partial charge in [0.1, 0.15) is 18.6 Å². The summed E-state index contributed by atoms with van der Waals surface area (Å²) < 4.78 is 13.5. The van der Waals surface area contributed by atoms with Crippen LogP contribution in [0.1, 0.15) is 39.2 Å². The largest absolute Gasteiger partial charge is 0.497 e. The molecule has 0 spiro atoms. The zero-order valence-corrected chi connectivity index (χ0v) is 18.9. The molecule has 0 bridgehead atoms. The number of para-hydroxylation sites is 1. The Morgan fingerprint density at radius 2 is 1.80 bits per heavy atom. The maximum atomic E-state index is 5.86. The van der Waals surface area contributed by atoms with Crippen molar-refractivity contribution in [2.75, 3.05) is 38.9 Å². The fraction of sp³-hybridized carbons (Fsp3) is 0.440. The average Bonchev–Trinajstić information content (AvgIpc) is 2.98. The Morgan fingerprint density at radius 1 is 1.07 bits per heavy atom. The Labute approximate surface area is 180 Å². The molecule has 2 aromatic carbocycles. The second kappa shape index (κ2) is 9.90. The molecule has 0 N–H and O–H groups in total. The number of methoxy groups -OCH3 is 1. The van der Waals surface area contributed by atoms with E-state index in [1.807, 2.05) is 42.5 Å². The van der Waals surface area contributed by atoms with E-state index in [4.69, 9.17) is 14.6 Å². The number of rotatable bonds is 10. The molecule has 1 aliphatic rings. The third-order valence-electron chi connectivity index (χ3n) is 5.70. The number of benzene rings is 2. The van der Waals surface area contributed by atoms with Crippen LogP contribution < -0.4 is 9.75 Å². The van der Waals surface area contributed by atoms with Crippen LogP contribution in [-0.2, 0) is 10.2 Å². The van der Waals surface area contributed by atoms with Crippen molar-refractivity contribution in [3.63, 3.8) is 0 Å². The second-order valence-electron chi connectivity index (χ2n) is 8.11. The molecule has 0 aliphatic carbocycles. The number of unbranched alkanes of at least 4 members (excludes halogenated alkanes) is 1. The molecule has 160 valence electrons. The van der Waals surface area contributed by atoms with Gasteiger partial charge in [0, 0.05) is 25.3 Å². The smallest absolute Gasteiger partial charge is 0.212 e. The van der Waals surface area contributed by atoms with Crippen molar-refractivity contribution in [3.8, 4) is 5.75 Å². The van der Waals surface area contributed by atoms with E-state index in [1.54, 1.807) is 7.11 Å². The van der Waals surface area contributed by atoms with Crippen molar-refractivity contribution in [2.24, 2.45) is 5.10 Å². The first kappa shape index (κ1) is 22.0. The van der Waals surface area contributed by atoms with Gasteiger partial charge in [-0.05, 0) is 44.5 Å². The van der Waals surface area contributed by atoms with Crippen LogP contribution in [0.15, 0.2) is 53.6 Å². The number of anilines is 1. The molecular weight excluding hydrogens is 374 g/mol. The zero-order valence-electron chi connectivity index (χ0n) is 18.9. The van der Waals surface area contributed by atoms with Gasteiger partial charge in [-0.15, -0.1) is 0 Å². The third-order valence-corrected chi connectivity index (χ3v) is 5.70. The molecule has 0 atom stereocenters. The Morgan fingerprint density at radius 3 is 2.50 bits per heavy atom. The van der Waals surface area contributed by atoms with E-state index in [1.165, 1.54) is 17.0 Å². The topological polar surface area (TPSA) is 37.1 Å². The standard InChI is InChI=1S/C25H34N3O2/c1-6-7-17-30-18-16-28-23-11-9-8-10-22(23)25(2,3)24(28)19-26-27(4)20-12-14-21(29-5)15-13-20/h8-15,19H,6-7,16-18H2,1-5H3/q+1. The lowest BCUT2D eigenvalue weighted by Crippen LogP contribution is -2.32. The van der Waals surface area contributed by atoms with Crippen molar-refractivity contribution in [2.45, 2.75) is 39.0 Å². The molecule has 5 nitrogen and oxygen atoms in total. The fourth-order valence-electron chi connectivity index (χ4n) is 3.82. The van der Waals surface area contributed by atoms with Gasteiger partial charge >= 0.3 is 0 Å². The van der Waals surface area contributed by atoms with Gasteiger partial charge in [0.25, 0.3) is 0 Å². The predicted octanol–water partition coefficient (Wildman–Crippen LogP) is 5.01. The minimum atomic E-state index is -0.121. The molecular formula is C25H34N3O2+. The molecule has 0 aromatic heterocycles. The first-order valence-corrected chi connectivity index (χ1v) is 10.7. The monoisotopic (exact) mass is 408 g/mol. The highest BCUT2D eigenvalue weighted by atomic mass is 16.5. The van der Waals surface area contributed by atoms with E-state index in [0.29, 0.717) is 6.61 Å². The van der Waals surface area contributed by atoms with Crippen LogP contribution in [0.2, 0.25) is 0 Å². The first-order chi connectivity index (χ1) is 14.5. The minimum Gasteiger partial charge on any atom is -0.497 e. The van der Waals surface area contributed by atoms with Gasteiger partial charge in [-0.1, -0.05) is 31.5 Å². The van der Waals surface area contributed by atoms with Crippen LogP contribution >= 0.6 is 0 Å². The Balaban J connectivity index is 1.85. The highest BCUT2D eigenvalue weighted by molar-refractivity contribution is 6.33. The van der Waals surface area contributed by atoms with Gasteiger partial charge in [0.15, 0.2) is 6.54 Å². The van der Waals surface area contributed by atoms with Gasteiger partial charge in [-0.3, -0.25) is 5.01 Å². The van der Waals surface area contributed by atoms with Crippen molar-refractivity contribution >= 4 is 23.3 Å². The van der Waals surface area contributed by atoms with Crippen LogP contribution in [0.4, 0.5) is 11.4 Å². The highest BCUT2D eigenvalue weighted by Gasteiger charge is 2.44. The maximum absolute atomic E-state index is 5.86. The summed E-state index contributed by atoms with van der Waals surface area (Å²) in [6.07, 6.45) is 4.25. The molecule has 0 saturated heterocycles. The average molecular weight is 409 g/mol. The number of nitrogens with zero attached hydrogens (tertiary/aromatic N) is 3. The van der Waals surface area contributed by atoms with Crippen molar-refractivity contribution in [1.82, 2.24) is 0 Å². The van der Waals surface area contributed by atoms with E-state index in [2.05, 4.69) is 49.6 Å².